The van der Waals surface area contributed by atoms with Gasteiger partial charge in [0.25, 0.3) is 0 Å². The summed E-state index contributed by atoms with van der Waals surface area (Å²) < 4.78 is 7.60. The van der Waals surface area contributed by atoms with Crippen LogP contribution in [0.1, 0.15) is 29.2 Å². The molecule has 0 bridgehead atoms. The van der Waals surface area contributed by atoms with E-state index >= 15 is 0 Å². The van der Waals surface area contributed by atoms with E-state index in [0.717, 1.165) is 45.2 Å². The van der Waals surface area contributed by atoms with Crippen LogP contribution in [0.4, 0.5) is 0 Å². The van der Waals surface area contributed by atoms with E-state index in [-0.39, 0.29) is 5.63 Å². The summed E-state index contributed by atoms with van der Waals surface area (Å²) in [4.78, 5) is 12.1. The monoisotopic (exact) mass is 405 g/mol. The molecule has 0 aliphatic rings. The molecule has 2 aromatic carbocycles. The molecule has 0 N–H and O–H groups in total. The molecule has 0 atom stereocenters. The zero-order chi connectivity index (χ0) is 20.5. The number of aromatic nitrogens is 3. The molecular formula is C23H23N3O2S. The lowest BCUT2D eigenvalue weighted by atomic mass is 10.0. The van der Waals surface area contributed by atoms with Crippen LogP contribution >= 0.6 is 11.8 Å². The smallest absolute Gasteiger partial charge is 0.336 e. The minimum atomic E-state index is -0.320. The SMILES string of the molecule is CCn1c(SCc2cc(=O)oc3c(C)c(C)ccc23)nnc1-c1cccc(C)c1. The van der Waals surface area contributed by atoms with Gasteiger partial charge in [0.15, 0.2) is 11.0 Å². The molecule has 2 heterocycles. The molecule has 0 unspecified atom stereocenters. The molecule has 6 heteroatoms. The topological polar surface area (TPSA) is 60.9 Å². The molecule has 0 amide bonds. The lowest BCUT2D eigenvalue weighted by molar-refractivity contribution is 0.557. The number of thioether (sulfide) groups is 1. The second-order valence-electron chi connectivity index (χ2n) is 7.18. The van der Waals surface area contributed by atoms with Crippen LogP contribution < -0.4 is 5.63 Å². The van der Waals surface area contributed by atoms with E-state index in [9.17, 15) is 4.79 Å². The summed E-state index contributed by atoms with van der Waals surface area (Å²) >= 11 is 1.59. The number of benzene rings is 2. The highest BCUT2D eigenvalue weighted by atomic mass is 32.2. The standard InChI is InChI=1S/C23H23N3O2S/c1-5-26-22(17-8-6-7-14(2)11-17)24-25-23(26)29-13-18-12-20(27)28-21-16(4)15(3)9-10-19(18)21/h6-12H,5,13H2,1-4H3. The molecule has 148 valence electrons. The number of hydrogen-bond acceptors (Lipinski definition) is 5. The Balaban J connectivity index is 1.68. The summed E-state index contributed by atoms with van der Waals surface area (Å²) in [5, 5.41) is 10.7. The molecule has 0 fully saturated rings. The van der Waals surface area contributed by atoms with Gasteiger partial charge in [-0.2, -0.15) is 0 Å². The summed E-state index contributed by atoms with van der Waals surface area (Å²) in [7, 11) is 0. The summed E-state index contributed by atoms with van der Waals surface area (Å²) in [5.74, 6) is 1.49. The zero-order valence-electron chi connectivity index (χ0n) is 17.0. The Hall–Kier alpha value is -2.86. The molecule has 4 rings (SSSR count). The number of nitrogens with zero attached hydrogens (tertiary/aromatic N) is 3. The lowest BCUT2D eigenvalue weighted by Gasteiger charge is -2.10. The molecule has 29 heavy (non-hydrogen) atoms. The first-order valence-electron chi connectivity index (χ1n) is 9.64. The lowest BCUT2D eigenvalue weighted by Crippen LogP contribution is -2.03. The van der Waals surface area contributed by atoms with Gasteiger partial charge >= 0.3 is 5.63 Å². The van der Waals surface area contributed by atoms with Gasteiger partial charge in [0.05, 0.1) is 0 Å². The zero-order valence-corrected chi connectivity index (χ0v) is 17.8. The van der Waals surface area contributed by atoms with E-state index in [0.29, 0.717) is 11.3 Å². The van der Waals surface area contributed by atoms with E-state index in [1.165, 1.54) is 5.56 Å². The van der Waals surface area contributed by atoms with Crippen LogP contribution in [0.15, 0.2) is 56.8 Å². The molecule has 0 saturated heterocycles. The summed E-state index contributed by atoms with van der Waals surface area (Å²) in [6.07, 6.45) is 0. The molecule has 4 aromatic rings. The average Bonchev–Trinajstić information content (AvgIpc) is 3.12. The summed E-state index contributed by atoms with van der Waals surface area (Å²) in [5.41, 5.74) is 5.67. The molecule has 0 spiro atoms. The largest absolute Gasteiger partial charge is 0.422 e. The van der Waals surface area contributed by atoms with Gasteiger partial charge in [-0.1, -0.05) is 47.7 Å². The van der Waals surface area contributed by atoms with E-state index in [1.807, 2.05) is 26.0 Å². The maximum atomic E-state index is 12.1. The highest BCUT2D eigenvalue weighted by Crippen LogP contribution is 2.30. The molecule has 0 radical (unpaired) electrons. The molecule has 0 aliphatic heterocycles. The Kier molecular flexibility index (Phi) is 5.28. The summed E-state index contributed by atoms with van der Waals surface area (Å²) in [6, 6.07) is 13.9. The van der Waals surface area contributed by atoms with Crippen LogP contribution in [0.3, 0.4) is 0 Å². The van der Waals surface area contributed by atoms with Crippen molar-refractivity contribution >= 4 is 22.7 Å². The van der Waals surface area contributed by atoms with Gasteiger partial charge in [0.1, 0.15) is 5.58 Å². The van der Waals surface area contributed by atoms with Crippen molar-refractivity contribution in [1.29, 1.82) is 0 Å². The molecule has 2 aromatic heterocycles. The number of fused-ring (bicyclic) bond motifs is 1. The van der Waals surface area contributed by atoms with Crippen LogP contribution in [0.2, 0.25) is 0 Å². The van der Waals surface area contributed by atoms with E-state index in [4.69, 9.17) is 4.42 Å². The van der Waals surface area contributed by atoms with Gasteiger partial charge in [-0.25, -0.2) is 4.79 Å². The average molecular weight is 406 g/mol. The van der Waals surface area contributed by atoms with Crippen LogP contribution in [-0.4, -0.2) is 14.8 Å². The quantitative estimate of drug-likeness (QED) is 0.333. The van der Waals surface area contributed by atoms with Gasteiger partial charge in [-0.05, 0) is 50.5 Å². The minimum absolute atomic E-state index is 0.320. The Morgan fingerprint density at radius 2 is 1.90 bits per heavy atom. The van der Waals surface area contributed by atoms with E-state index in [2.05, 4.69) is 52.9 Å². The fourth-order valence-electron chi connectivity index (χ4n) is 3.46. The fraction of sp³-hybridized carbons (Fsp3) is 0.261. The highest BCUT2D eigenvalue weighted by Gasteiger charge is 2.15. The van der Waals surface area contributed by atoms with Gasteiger partial charge in [0.2, 0.25) is 0 Å². The second-order valence-corrected chi connectivity index (χ2v) is 8.13. The van der Waals surface area contributed by atoms with Crippen LogP contribution in [0.25, 0.3) is 22.4 Å². The third-order valence-electron chi connectivity index (χ3n) is 5.18. The van der Waals surface area contributed by atoms with Crippen LogP contribution in [0, 0.1) is 20.8 Å². The van der Waals surface area contributed by atoms with E-state index < -0.39 is 0 Å². The van der Waals surface area contributed by atoms with Crippen LogP contribution in [-0.2, 0) is 12.3 Å². The minimum Gasteiger partial charge on any atom is -0.422 e. The van der Waals surface area contributed by atoms with E-state index in [1.54, 1.807) is 17.8 Å². The Labute approximate surface area is 173 Å². The van der Waals surface area contributed by atoms with Crippen molar-refractivity contribution in [1.82, 2.24) is 14.8 Å². The maximum absolute atomic E-state index is 12.1. The Morgan fingerprint density at radius 1 is 1.07 bits per heavy atom. The van der Waals surface area contributed by atoms with Gasteiger partial charge in [-0.3, -0.25) is 0 Å². The van der Waals surface area contributed by atoms with Crippen molar-refractivity contribution in [3.63, 3.8) is 0 Å². The van der Waals surface area contributed by atoms with Crippen molar-refractivity contribution < 1.29 is 4.42 Å². The van der Waals surface area contributed by atoms with Crippen molar-refractivity contribution in [3.05, 3.63) is 75.1 Å². The molecule has 0 aliphatic carbocycles. The normalized spacial score (nSPS) is 11.3. The fourth-order valence-corrected chi connectivity index (χ4v) is 4.46. The predicted octanol–water partition coefficient (Wildman–Crippen LogP) is 5.29. The highest BCUT2D eigenvalue weighted by molar-refractivity contribution is 7.98. The maximum Gasteiger partial charge on any atom is 0.336 e. The Bertz CT molecular complexity index is 1260. The third kappa shape index (κ3) is 3.72. The first-order valence-corrected chi connectivity index (χ1v) is 10.6. The second kappa shape index (κ2) is 7.87. The summed E-state index contributed by atoms with van der Waals surface area (Å²) in [6.45, 7) is 8.94. The van der Waals surface area contributed by atoms with Crippen molar-refractivity contribution in [2.75, 3.05) is 0 Å². The number of rotatable bonds is 5. The molecule has 0 saturated carbocycles. The number of aryl methyl sites for hydroxylation is 3. The van der Waals surface area contributed by atoms with Gasteiger partial charge in [-0.15, -0.1) is 10.2 Å². The molecule has 5 nitrogen and oxygen atoms in total. The third-order valence-corrected chi connectivity index (χ3v) is 6.20. The Morgan fingerprint density at radius 3 is 2.66 bits per heavy atom. The van der Waals surface area contributed by atoms with Crippen LogP contribution in [0.5, 0.6) is 0 Å². The first-order chi connectivity index (χ1) is 14.0. The first kappa shape index (κ1) is 19.5. The van der Waals surface area contributed by atoms with Gasteiger partial charge in [0, 0.05) is 29.3 Å². The van der Waals surface area contributed by atoms with Crippen molar-refractivity contribution in [2.24, 2.45) is 0 Å². The van der Waals surface area contributed by atoms with Crippen molar-refractivity contribution in [2.45, 2.75) is 45.1 Å². The molecular weight excluding hydrogens is 382 g/mol. The van der Waals surface area contributed by atoms with Gasteiger partial charge < -0.3 is 8.98 Å². The van der Waals surface area contributed by atoms with Crippen molar-refractivity contribution in [3.8, 4) is 11.4 Å². The number of hydrogen-bond donors (Lipinski definition) is 0. The predicted molar refractivity (Wildman–Crippen MR) is 117 cm³/mol.